The zero-order valence-corrected chi connectivity index (χ0v) is 23.9. The Hall–Kier alpha value is -3.28. The molecule has 2 heterocycles. The number of ether oxygens (including phenoxy) is 1. The van der Waals surface area contributed by atoms with Crippen molar-refractivity contribution in [3.05, 3.63) is 82.9 Å². The van der Waals surface area contributed by atoms with Crippen LogP contribution in [0.25, 0.3) is 22.2 Å². The molecular weight excluding hydrogens is 506 g/mol. The van der Waals surface area contributed by atoms with Gasteiger partial charge in [-0.1, -0.05) is 49.7 Å². The van der Waals surface area contributed by atoms with Gasteiger partial charge in [0.15, 0.2) is 0 Å². The van der Waals surface area contributed by atoms with E-state index in [9.17, 15) is 4.79 Å². The quantitative estimate of drug-likeness (QED) is 0.225. The molecule has 1 fully saturated rings. The Kier molecular flexibility index (Phi) is 8.59. The van der Waals surface area contributed by atoms with E-state index in [1.54, 1.807) is 7.11 Å². The fourth-order valence-corrected chi connectivity index (χ4v) is 5.82. The number of H-pyrrole nitrogens is 1. The SMILES string of the molecule is COc1ccc2[nH]c(-c3cccc(Cl)c3)c(CCCN3CCC(c4cccc(NC(=O)C(C)C)c4)CC3)c2c1. The minimum Gasteiger partial charge on any atom is -0.497 e. The van der Waals surface area contributed by atoms with Crippen molar-refractivity contribution >= 4 is 34.1 Å². The number of aromatic nitrogens is 1. The minimum absolute atomic E-state index is 0.0234. The topological polar surface area (TPSA) is 57.4 Å². The number of piperidine rings is 1. The van der Waals surface area contributed by atoms with E-state index in [2.05, 4.69) is 51.6 Å². The average molecular weight is 544 g/mol. The lowest BCUT2D eigenvalue weighted by Gasteiger charge is -2.32. The molecule has 204 valence electrons. The summed E-state index contributed by atoms with van der Waals surface area (Å²) in [5.41, 5.74) is 6.92. The lowest BCUT2D eigenvalue weighted by Crippen LogP contribution is -2.33. The van der Waals surface area contributed by atoms with Crippen molar-refractivity contribution in [2.75, 3.05) is 32.1 Å². The largest absolute Gasteiger partial charge is 0.497 e. The normalized spacial score (nSPS) is 14.7. The first-order valence-corrected chi connectivity index (χ1v) is 14.4. The second-order valence-electron chi connectivity index (χ2n) is 10.9. The molecule has 0 unspecified atom stereocenters. The second kappa shape index (κ2) is 12.3. The summed E-state index contributed by atoms with van der Waals surface area (Å²) in [5, 5.41) is 5.00. The van der Waals surface area contributed by atoms with Gasteiger partial charge in [0.25, 0.3) is 0 Å². The number of nitrogens with one attached hydrogen (secondary N) is 2. The summed E-state index contributed by atoms with van der Waals surface area (Å²) < 4.78 is 5.53. The number of rotatable bonds is 9. The highest BCUT2D eigenvalue weighted by Crippen LogP contribution is 2.35. The van der Waals surface area contributed by atoms with E-state index in [0.29, 0.717) is 5.92 Å². The molecule has 39 heavy (non-hydrogen) atoms. The van der Waals surface area contributed by atoms with Gasteiger partial charge in [-0.15, -0.1) is 0 Å². The van der Waals surface area contributed by atoms with Crippen molar-refractivity contribution in [1.82, 2.24) is 9.88 Å². The van der Waals surface area contributed by atoms with Crippen LogP contribution in [0.15, 0.2) is 66.7 Å². The van der Waals surface area contributed by atoms with Gasteiger partial charge in [0.05, 0.1) is 7.11 Å². The molecule has 0 bridgehead atoms. The molecular formula is C33H38ClN3O2. The summed E-state index contributed by atoms with van der Waals surface area (Å²) in [5.74, 6) is 1.45. The first-order valence-electron chi connectivity index (χ1n) is 14.0. The number of benzene rings is 3. The number of aromatic amines is 1. The van der Waals surface area contributed by atoms with E-state index >= 15 is 0 Å². The lowest BCUT2D eigenvalue weighted by molar-refractivity contribution is -0.118. The summed E-state index contributed by atoms with van der Waals surface area (Å²) in [4.78, 5) is 18.3. The standard InChI is InChI=1S/C33H38ClN3O2/c1-22(2)33(38)35-27-10-5-7-24(20-27)23-14-17-37(18-15-23)16-6-11-29-30-21-28(39-3)12-13-31(30)36-32(29)25-8-4-9-26(34)19-25/h4-5,7-10,12-13,19-23,36H,6,11,14-18H2,1-3H3,(H,35,38). The molecule has 1 aliphatic heterocycles. The third-order valence-electron chi connectivity index (χ3n) is 7.87. The summed E-state index contributed by atoms with van der Waals surface area (Å²) in [7, 11) is 1.72. The van der Waals surface area contributed by atoms with Crippen molar-refractivity contribution in [3.8, 4) is 17.0 Å². The minimum atomic E-state index is -0.0234. The Bertz CT molecular complexity index is 1440. The number of hydrogen-bond donors (Lipinski definition) is 2. The molecule has 0 radical (unpaired) electrons. The summed E-state index contributed by atoms with van der Waals surface area (Å²) in [6, 6.07) is 22.7. The number of methoxy groups -OCH3 is 1. The molecule has 0 spiro atoms. The lowest BCUT2D eigenvalue weighted by atomic mass is 9.89. The van der Waals surface area contributed by atoms with Crippen LogP contribution in [0.3, 0.4) is 0 Å². The fraction of sp³-hybridized carbons (Fsp3) is 0.364. The molecule has 3 aromatic carbocycles. The summed E-state index contributed by atoms with van der Waals surface area (Å²) in [6.45, 7) is 7.10. The van der Waals surface area contributed by atoms with Crippen molar-refractivity contribution < 1.29 is 9.53 Å². The van der Waals surface area contributed by atoms with E-state index in [-0.39, 0.29) is 11.8 Å². The Morgan fingerprint density at radius 1 is 1.08 bits per heavy atom. The summed E-state index contributed by atoms with van der Waals surface area (Å²) in [6.07, 6.45) is 4.34. The molecule has 2 N–H and O–H groups in total. The van der Waals surface area contributed by atoms with Crippen LogP contribution in [0.2, 0.25) is 5.02 Å². The molecule has 5 nitrogen and oxygen atoms in total. The van der Waals surface area contributed by atoms with Crippen LogP contribution in [-0.2, 0) is 11.2 Å². The number of nitrogens with zero attached hydrogens (tertiary/aromatic N) is 1. The van der Waals surface area contributed by atoms with Gasteiger partial charge in [0, 0.05) is 33.2 Å². The third kappa shape index (κ3) is 6.48. The zero-order chi connectivity index (χ0) is 27.4. The highest BCUT2D eigenvalue weighted by molar-refractivity contribution is 6.30. The van der Waals surface area contributed by atoms with E-state index in [4.69, 9.17) is 16.3 Å². The van der Waals surface area contributed by atoms with E-state index in [1.165, 1.54) is 16.5 Å². The number of amides is 1. The van der Waals surface area contributed by atoms with Crippen LogP contribution >= 0.6 is 11.6 Å². The highest BCUT2D eigenvalue weighted by atomic mass is 35.5. The molecule has 0 atom stereocenters. The second-order valence-corrected chi connectivity index (χ2v) is 11.3. The Morgan fingerprint density at radius 3 is 2.62 bits per heavy atom. The van der Waals surface area contributed by atoms with Crippen LogP contribution in [0.1, 0.15) is 50.2 Å². The molecule has 6 heteroatoms. The number of anilines is 1. The Balaban J connectivity index is 1.22. The summed E-state index contributed by atoms with van der Waals surface area (Å²) >= 11 is 6.34. The first kappa shape index (κ1) is 27.3. The Labute approximate surface area is 236 Å². The number of aryl methyl sites for hydroxylation is 1. The smallest absolute Gasteiger partial charge is 0.226 e. The van der Waals surface area contributed by atoms with Gasteiger partial charge in [-0.2, -0.15) is 0 Å². The number of carbonyl (C=O) groups is 1. The zero-order valence-electron chi connectivity index (χ0n) is 23.1. The number of fused-ring (bicyclic) bond motifs is 1. The molecule has 5 rings (SSSR count). The van der Waals surface area contributed by atoms with Gasteiger partial charge in [-0.05, 0) is 110 Å². The van der Waals surface area contributed by atoms with Gasteiger partial charge in [-0.3, -0.25) is 4.79 Å². The molecule has 1 saturated heterocycles. The highest BCUT2D eigenvalue weighted by Gasteiger charge is 2.21. The molecule has 0 saturated carbocycles. The van der Waals surface area contributed by atoms with Crippen molar-refractivity contribution in [3.63, 3.8) is 0 Å². The van der Waals surface area contributed by atoms with Crippen LogP contribution in [-0.4, -0.2) is 42.5 Å². The molecule has 4 aromatic rings. The number of halogens is 1. The van der Waals surface area contributed by atoms with Crippen LogP contribution in [0, 0.1) is 5.92 Å². The first-order chi connectivity index (χ1) is 18.9. The van der Waals surface area contributed by atoms with E-state index in [1.807, 2.05) is 44.2 Å². The van der Waals surface area contributed by atoms with Gasteiger partial charge in [0.1, 0.15) is 5.75 Å². The maximum absolute atomic E-state index is 12.1. The predicted octanol–water partition coefficient (Wildman–Crippen LogP) is 7.90. The maximum atomic E-state index is 12.1. The van der Waals surface area contributed by atoms with Gasteiger partial charge < -0.3 is 19.9 Å². The van der Waals surface area contributed by atoms with Crippen molar-refractivity contribution in [1.29, 1.82) is 0 Å². The molecule has 0 aliphatic carbocycles. The number of hydrogen-bond acceptors (Lipinski definition) is 3. The molecule has 1 aromatic heterocycles. The molecule has 1 amide bonds. The van der Waals surface area contributed by atoms with E-state index < -0.39 is 0 Å². The van der Waals surface area contributed by atoms with Crippen LogP contribution in [0.5, 0.6) is 5.75 Å². The average Bonchev–Trinajstić information content (AvgIpc) is 3.31. The van der Waals surface area contributed by atoms with Crippen LogP contribution < -0.4 is 10.1 Å². The van der Waals surface area contributed by atoms with Crippen molar-refractivity contribution in [2.45, 2.75) is 45.4 Å². The van der Waals surface area contributed by atoms with Gasteiger partial charge >= 0.3 is 0 Å². The Morgan fingerprint density at radius 2 is 1.87 bits per heavy atom. The fourth-order valence-electron chi connectivity index (χ4n) is 5.63. The monoisotopic (exact) mass is 543 g/mol. The van der Waals surface area contributed by atoms with Crippen LogP contribution in [0.4, 0.5) is 5.69 Å². The number of likely N-dealkylation sites (tertiary alicyclic amines) is 1. The predicted molar refractivity (Wildman–Crippen MR) is 162 cm³/mol. The third-order valence-corrected chi connectivity index (χ3v) is 8.10. The van der Waals surface area contributed by atoms with Gasteiger partial charge in [0.2, 0.25) is 5.91 Å². The van der Waals surface area contributed by atoms with E-state index in [0.717, 1.165) is 78.6 Å². The number of carbonyl (C=O) groups excluding carboxylic acids is 1. The van der Waals surface area contributed by atoms with Crippen molar-refractivity contribution in [2.24, 2.45) is 5.92 Å². The maximum Gasteiger partial charge on any atom is 0.226 e. The molecule has 1 aliphatic rings. The van der Waals surface area contributed by atoms with Gasteiger partial charge in [-0.25, -0.2) is 0 Å².